The number of hydrogen-bond donors (Lipinski definition) is 6. The number of amides is 1. The number of aliphatic hydroxyl groups is 4. The lowest BCUT2D eigenvalue weighted by atomic mass is 9.58. The monoisotopic (exact) mass is 485 g/mol. The van der Waals surface area contributed by atoms with Gasteiger partial charge in [0.25, 0.3) is 5.91 Å². The molecule has 35 heavy (non-hydrogen) atoms. The number of carbonyl (C=O) groups excluding carboxylic acids is 4. The van der Waals surface area contributed by atoms with E-state index in [2.05, 4.69) is 0 Å². The number of phenols is 1. The summed E-state index contributed by atoms with van der Waals surface area (Å²) in [5.74, 6) is -9.24. The molecule has 0 heterocycles. The van der Waals surface area contributed by atoms with E-state index in [-0.39, 0.29) is 24.2 Å². The van der Waals surface area contributed by atoms with Crippen LogP contribution < -0.4 is 5.73 Å². The van der Waals surface area contributed by atoms with Gasteiger partial charge in [0.15, 0.2) is 11.4 Å². The molecule has 1 saturated carbocycles. The maximum absolute atomic E-state index is 13.5. The molecule has 0 aliphatic heterocycles. The SMILES string of the molecule is CCOC(=O)/C=C/c1ccc2c(c1O)C(O)=C1C(=O)[C@]3(O)C(O)=C(C(N)=O)C(=O)C[C@@H]3[C@@H](O)[C@@H]1C2. The molecule has 184 valence electrons. The normalized spacial score (nSPS) is 28.0. The third-order valence-electron chi connectivity index (χ3n) is 6.76. The molecule has 4 atom stereocenters. The topological polar surface area (TPSA) is 205 Å². The van der Waals surface area contributed by atoms with Gasteiger partial charge in [0.1, 0.15) is 22.8 Å². The molecule has 0 radical (unpaired) electrons. The first-order valence-electron chi connectivity index (χ1n) is 10.8. The molecule has 1 fully saturated rings. The number of benzene rings is 1. The van der Waals surface area contributed by atoms with Gasteiger partial charge in [-0.05, 0) is 25.0 Å². The minimum Gasteiger partial charge on any atom is -0.508 e. The van der Waals surface area contributed by atoms with Crippen molar-refractivity contribution in [2.45, 2.75) is 31.5 Å². The summed E-state index contributed by atoms with van der Waals surface area (Å²) in [4.78, 5) is 49.1. The highest BCUT2D eigenvalue weighted by molar-refractivity contribution is 6.22. The molecule has 7 N–H and O–H groups in total. The van der Waals surface area contributed by atoms with E-state index in [4.69, 9.17) is 10.5 Å². The zero-order valence-corrected chi connectivity index (χ0v) is 18.5. The van der Waals surface area contributed by atoms with E-state index in [1.165, 1.54) is 18.2 Å². The Bertz CT molecular complexity index is 1270. The summed E-state index contributed by atoms with van der Waals surface area (Å²) in [6.07, 6.45) is 0.0570. The molecule has 0 unspecified atom stereocenters. The molecule has 11 nitrogen and oxygen atoms in total. The lowest BCUT2D eigenvalue weighted by Crippen LogP contribution is -2.63. The van der Waals surface area contributed by atoms with Crippen molar-refractivity contribution in [1.29, 1.82) is 0 Å². The van der Waals surface area contributed by atoms with E-state index in [1.807, 2.05) is 0 Å². The zero-order chi connectivity index (χ0) is 25.8. The second-order valence-electron chi connectivity index (χ2n) is 8.60. The second-order valence-corrected chi connectivity index (χ2v) is 8.60. The van der Waals surface area contributed by atoms with Crippen LogP contribution in [0.3, 0.4) is 0 Å². The van der Waals surface area contributed by atoms with Gasteiger partial charge in [0.05, 0.1) is 18.3 Å². The van der Waals surface area contributed by atoms with Crippen molar-refractivity contribution in [1.82, 2.24) is 0 Å². The second kappa shape index (κ2) is 8.36. The molecule has 0 saturated heterocycles. The fourth-order valence-electron chi connectivity index (χ4n) is 5.11. The van der Waals surface area contributed by atoms with Crippen molar-refractivity contribution in [2.75, 3.05) is 6.61 Å². The third kappa shape index (κ3) is 3.43. The predicted octanol–water partition coefficient (Wildman–Crippen LogP) is -0.0290. The van der Waals surface area contributed by atoms with Crippen LogP contribution in [0.15, 0.2) is 35.1 Å². The van der Waals surface area contributed by atoms with Gasteiger partial charge in [0.2, 0.25) is 5.78 Å². The van der Waals surface area contributed by atoms with Crippen molar-refractivity contribution in [3.63, 3.8) is 0 Å². The molecule has 1 aromatic rings. The minimum absolute atomic E-state index is 0.0506. The van der Waals surface area contributed by atoms with E-state index < -0.39 is 81.8 Å². The number of primary amides is 1. The van der Waals surface area contributed by atoms with Crippen molar-refractivity contribution < 1.29 is 49.4 Å². The summed E-state index contributed by atoms with van der Waals surface area (Å²) in [5, 5.41) is 54.6. The highest BCUT2D eigenvalue weighted by atomic mass is 16.5. The first kappa shape index (κ1) is 24.2. The van der Waals surface area contributed by atoms with E-state index in [1.54, 1.807) is 6.92 Å². The zero-order valence-electron chi connectivity index (χ0n) is 18.5. The number of aliphatic hydroxyl groups excluding tert-OH is 3. The summed E-state index contributed by atoms with van der Waals surface area (Å²) in [6.45, 7) is 1.77. The summed E-state index contributed by atoms with van der Waals surface area (Å²) >= 11 is 0. The molecule has 4 rings (SSSR count). The Labute approximate surface area is 198 Å². The predicted molar refractivity (Wildman–Crippen MR) is 118 cm³/mol. The number of Topliss-reactive ketones (excluding diaryl/α,β-unsaturated/α-hetero) is 2. The first-order valence-corrected chi connectivity index (χ1v) is 10.8. The van der Waals surface area contributed by atoms with E-state index in [9.17, 15) is 44.7 Å². The molecule has 11 heteroatoms. The molecular weight excluding hydrogens is 462 g/mol. The van der Waals surface area contributed by atoms with Crippen LogP contribution in [0.2, 0.25) is 0 Å². The molecule has 1 aromatic carbocycles. The van der Waals surface area contributed by atoms with Crippen LogP contribution >= 0.6 is 0 Å². The highest BCUT2D eigenvalue weighted by Gasteiger charge is 2.63. The Morgan fingerprint density at radius 1 is 1.20 bits per heavy atom. The van der Waals surface area contributed by atoms with Gasteiger partial charge < -0.3 is 36.0 Å². The minimum atomic E-state index is -2.88. The van der Waals surface area contributed by atoms with Gasteiger partial charge in [-0.15, -0.1) is 0 Å². The van der Waals surface area contributed by atoms with Crippen LogP contribution in [0, 0.1) is 11.8 Å². The first-order chi connectivity index (χ1) is 16.4. The smallest absolute Gasteiger partial charge is 0.330 e. The highest BCUT2D eigenvalue weighted by Crippen LogP contribution is 2.52. The maximum Gasteiger partial charge on any atom is 0.330 e. The Balaban J connectivity index is 1.87. The Morgan fingerprint density at radius 2 is 1.89 bits per heavy atom. The molecular formula is C24H23NO10. The Kier molecular flexibility index (Phi) is 5.78. The molecule has 0 spiro atoms. The largest absolute Gasteiger partial charge is 0.508 e. The van der Waals surface area contributed by atoms with E-state index >= 15 is 0 Å². The average molecular weight is 485 g/mol. The van der Waals surface area contributed by atoms with Gasteiger partial charge in [-0.3, -0.25) is 14.4 Å². The lowest BCUT2D eigenvalue weighted by Gasteiger charge is -2.48. The third-order valence-corrected chi connectivity index (χ3v) is 6.76. The number of fused-ring (bicyclic) bond motifs is 3. The molecule has 1 amide bonds. The number of rotatable bonds is 4. The molecule has 0 aromatic heterocycles. The molecule has 3 aliphatic carbocycles. The van der Waals surface area contributed by atoms with Crippen LogP contribution in [0.5, 0.6) is 5.75 Å². The number of aromatic hydroxyl groups is 1. The van der Waals surface area contributed by atoms with Gasteiger partial charge in [-0.2, -0.15) is 0 Å². The van der Waals surface area contributed by atoms with Gasteiger partial charge in [-0.1, -0.05) is 12.1 Å². The average Bonchev–Trinajstić information content (AvgIpc) is 2.79. The summed E-state index contributed by atoms with van der Waals surface area (Å²) in [5.41, 5.74) is 1.15. The molecule has 0 bridgehead atoms. The quantitative estimate of drug-likeness (QED) is 0.191. The van der Waals surface area contributed by atoms with Crippen LogP contribution in [-0.4, -0.2) is 67.3 Å². The van der Waals surface area contributed by atoms with E-state index in [0.29, 0.717) is 5.56 Å². The van der Waals surface area contributed by atoms with Crippen LogP contribution in [0.1, 0.15) is 30.0 Å². The number of ketones is 2. The summed E-state index contributed by atoms with van der Waals surface area (Å²) in [7, 11) is 0. The van der Waals surface area contributed by atoms with E-state index in [0.717, 1.165) is 6.08 Å². The molecule has 3 aliphatic rings. The fourth-order valence-corrected chi connectivity index (χ4v) is 5.11. The van der Waals surface area contributed by atoms with Crippen molar-refractivity contribution in [2.24, 2.45) is 17.6 Å². The van der Waals surface area contributed by atoms with Crippen LogP contribution in [0.25, 0.3) is 11.8 Å². The number of nitrogens with two attached hydrogens (primary N) is 1. The van der Waals surface area contributed by atoms with Crippen molar-refractivity contribution in [3.8, 4) is 5.75 Å². The van der Waals surface area contributed by atoms with Crippen LogP contribution in [-0.2, 0) is 30.3 Å². The van der Waals surface area contributed by atoms with Gasteiger partial charge in [-0.25, -0.2) is 4.79 Å². The Morgan fingerprint density at radius 3 is 2.51 bits per heavy atom. The standard InChI is InChI=1S/C24H23NO10/c1-2-35-14(27)6-5-9-3-4-10-7-11-16(20(30)15(10)18(9)28)21(31)24(34)12(19(11)29)8-13(26)17(22(24)32)23(25)33/h3-6,11-12,19,28-30,32,34H,2,7-8H2,1H3,(H2,25,33)/b6-5+/t11-,12-,19+,24+/m1/s1. The van der Waals surface area contributed by atoms with Crippen molar-refractivity contribution >= 4 is 35.3 Å². The Hall–Kier alpha value is -3.96. The number of esters is 1. The number of hydrogen-bond acceptors (Lipinski definition) is 10. The summed E-state index contributed by atoms with van der Waals surface area (Å²) < 4.78 is 4.79. The fraction of sp³-hybridized carbons (Fsp3) is 0.333. The van der Waals surface area contributed by atoms with Gasteiger partial charge in [0, 0.05) is 35.5 Å². The number of carbonyl (C=O) groups is 4. The lowest BCUT2D eigenvalue weighted by molar-refractivity contribution is -0.159. The van der Waals surface area contributed by atoms with Crippen molar-refractivity contribution in [3.05, 3.63) is 51.8 Å². The summed E-state index contributed by atoms with van der Waals surface area (Å²) in [6, 6.07) is 2.99. The van der Waals surface area contributed by atoms with Gasteiger partial charge >= 0.3 is 5.97 Å². The number of phenolic OH excluding ortho intramolecular Hbond substituents is 1. The number of ether oxygens (including phenoxy) is 1. The maximum atomic E-state index is 13.5. The van der Waals surface area contributed by atoms with Crippen LogP contribution in [0.4, 0.5) is 0 Å².